The molecule has 286 valence electrons. The highest BCUT2D eigenvalue weighted by atomic mass is 35.5. The maximum atomic E-state index is 14.1. The highest BCUT2D eigenvalue weighted by molar-refractivity contribution is 7.19. The number of halogens is 3. The average Bonchev–Trinajstić information content (AvgIpc) is 3.85. The van der Waals surface area contributed by atoms with Crippen LogP contribution in [0.15, 0.2) is 72.8 Å². The topological polar surface area (TPSA) is 114 Å². The number of pyridine rings is 1. The first kappa shape index (κ1) is 41.0. The minimum absolute atomic E-state index is 0.0214. The molecule has 0 spiro atoms. The van der Waals surface area contributed by atoms with Gasteiger partial charge in [0.05, 0.1) is 18.2 Å². The maximum absolute atomic E-state index is 14.1. The van der Waals surface area contributed by atoms with Gasteiger partial charge < -0.3 is 4.74 Å². The van der Waals surface area contributed by atoms with E-state index in [0.29, 0.717) is 38.5 Å². The third kappa shape index (κ3) is 9.93. The molecule has 3 aromatic carbocycles. The zero-order chi connectivity index (χ0) is 39.6. The molecule has 55 heavy (non-hydrogen) atoms. The summed E-state index contributed by atoms with van der Waals surface area (Å²) in [5, 5.41) is 19.4. The van der Waals surface area contributed by atoms with Crippen molar-refractivity contribution in [3.05, 3.63) is 118 Å². The second kappa shape index (κ2) is 18.9. The molecule has 0 radical (unpaired) electrons. The number of ether oxygens (including phenoxy) is 1. The van der Waals surface area contributed by atoms with E-state index in [0.717, 1.165) is 53.0 Å². The van der Waals surface area contributed by atoms with Crippen LogP contribution in [0.5, 0.6) is 5.75 Å². The quantitative estimate of drug-likeness (QED) is 0.112. The first-order valence-electron chi connectivity index (χ1n) is 17.6. The van der Waals surface area contributed by atoms with Crippen LogP contribution in [-0.2, 0) is 0 Å². The average molecular weight is 804 g/mol. The SMILES string of the molecule is CCCCN(C(=O)c1ccccc1F)c1nnc(-c2cc(C)nc(Cl)c2)s1.CCCN(C(=O)c1ccccc1F)c1nnc(-c2cc(C)c(OC)c(C)c2)s1. The van der Waals surface area contributed by atoms with Crippen molar-refractivity contribution in [3.63, 3.8) is 0 Å². The molecule has 0 saturated heterocycles. The minimum Gasteiger partial charge on any atom is -0.496 e. The largest absolute Gasteiger partial charge is 0.496 e. The van der Waals surface area contributed by atoms with Crippen molar-refractivity contribution < 1.29 is 23.1 Å². The van der Waals surface area contributed by atoms with Gasteiger partial charge in [-0.2, -0.15) is 0 Å². The van der Waals surface area contributed by atoms with Crippen LogP contribution in [0, 0.1) is 32.4 Å². The van der Waals surface area contributed by atoms with Crippen molar-refractivity contribution in [2.24, 2.45) is 0 Å². The Morgan fingerprint density at radius 2 is 1.20 bits per heavy atom. The number of benzene rings is 3. The fourth-order valence-electron chi connectivity index (χ4n) is 5.70. The number of rotatable bonds is 12. The molecule has 0 bridgehead atoms. The number of hydrogen-bond donors (Lipinski definition) is 0. The van der Waals surface area contributed by atoms with Crippen LogP contribution in [0.3, 0.4) is 0 Å². The van der Waals surface area contributed by atoms with Gasteiger partial charge in [0, 0.05) is 29.9 Å². The fraction of sp³-hybridized carbons (Fsp3) is 0.275. The van der Waals surface area contributed by atoms with Crippen LogP contribution < -0.4 is 14.5 Å². The second-order valence-corrected chi connectivity index (χ2v) is 14.8. The Labute approximate surface area is 331 Å². The molecule has 6 rings (SSSR count). The number of unbranched alkanes of at least 4 members (excludes halogenated alkanes) is 1. The molecule has 0 N–H and O–H groups in total. The molecule has 0 aliphatic rings. The number of aryl methyl sites for hydroxylation is 3. The normalized spacial score (nSPS) is 10.8. The number of amides is 2. The van der Waals surface area contributed by atoms with E-state index in [1.54, 1.807) is 37.4 Å². The van der Waals surface area contributed by atoms with E-state index in [-0.39, 0.29) is 11.1 Å². The van der Waals surface area contributed by atoms with Gasteiger partial charge in [0.2, 0.25) is 10.3 Å². The summed E-state index contributed by atoms with van der Waals surface area (Å²) >= 11 is 8.60. The smallest absolute Gasteiger partial charge is 0.263 e. The monoisotopic (exact) mass is 803 g/mol. The van der Waals surface area contributed by atoms with Crippen LogP contribution in [0.2, 0.25) is 5.15 Å². The number of nitrogens with zero attached hydrogens (tertiary/aromatic N) is 7. The van der Waals surface area contributed by atoms with Gasteiger partial charge in [-0.05, 0) is 93.3 Å². The molecule has 2 amide bonds. The highest BCUT2D eigenvalue weighted by Crippen LogP contribution is 2.35. The predicted molar refractivity (Wildman–Crippen MR) is 216 cm³/mol. The molecule has 0 unspecified atom stereocenters. The second-order valence-electron chi connectivity index (χ2n) is 12.5. The molecule has 0 aliphatic heterocycles. The molecular formula is C40H40ClF2N7O3S2. The van der Waals surface area contributed by atoms with Crippen LogP contribution in [0.25, 0.3) is 21.1 Å². The summed E-state index contributed by atoms with van der Waals surface area (Å²) in [4.78, 5) is 32.9. The Balaban J connectivity index is 0.000000211. The standard InChI is InChI=1S/C21H22FN3O2S.C19H18ClFN4OS/c1-5-10-25(20(26)16-8-6-7-9-17(16)22)21-24-23-19(28-21)15-11-13(2)18(27-4)14(3)12-15;1-3-4-9-25(18(26)14-7-5-6-8-15(14)21)19-24-23-17(27-19)13-10-12(2)22-16(20)11-13/h6-9,11-12H,5,10H2,1-4H3;5-8,10-11H,3-4,9H2,1-2H3. The van der Waals surface area contributed by atoms with Gasteiger partial charge in [0.25, 0.3) is 11.8 Å². The number of hydrogen-bond acceptors (Lipinski definition) is 10. The van der Waals surface area contributed by atoms with E-state index < -0.39 is 23.4 Å². The van der Waals surface area contributed by atoms with Gasteiger partial charge >= 0.3 is 0 Å². The van der Waals surface area contributed by atoms with Gasteiger partial charge in [-0.3, -0.25) is 19.4 Å². The lowest BCUT2D eigenvalue weighted by atomic mass is 10.1. The fourth-order valence-corrected chi connectivity index (χ4v) is 7.66. The molecule has 0 aliphatic carbocycles. The summed E-state index contributed by atoms with van der Waals surface area (Å²) in [6.45, 7) is 10.6. The van der Waals surface area contributed by atoms with Crippen LogP contribution >= 0.6 is 34.3 Å². The van der Waals surface area contributed by atoms with E-state index in [9.17, 15) is 18.4 Å². The summed E-state index contributed by atoms with van der Waals surface area (Å²) in [5.41, 5.74) is 4.51. The van der Waals surface area contributed by atoms with Gasteiger partial charge in [0.1, 0.15) is 32.6 Å². The van der Waals surface area contributed by atoms with Crippen LogP contribution in [-0.4, -0.2) is 57.4 Å². The first-order chi connectivity index (χ1) is 26.4. The first-order valence-corrected chi connectivity index (χ1v) is 19.6. The van der Waals surface area contributed by atoms with Gasteiger partial charge in [-0.1, -0.05) is 78.8 Å². The van der Waals surface area contributed by atoms with Gasteiger partial charge in [-0.25, -0.2) is 13.8 Å². The number of aromatic nitrogens is 5. The minimum atomic E-state index is -0.551. The number of anilines is 2. The molecule has 0 fully saturated rings. The van der Waals surface area contributed by atoms with Crippen molar-refractivity contribution in [3.8, 4) is 26.9 Å². The number of methoxy groups -OCH3 is 1. The summed E-state index contributed by atoms with van der Waals surface area (Å²) in [5.74, 6) is -1.08. The van der Waals surface area contributed by atoms with E-state index >= 15 is 0 Å². The van der Waals surface area contributed by atoms with Crippen molar-refractivity contribution >= 4 is 56.4 Å². The Morgan fingerprint density at radius 1 is 0.709 bits per heavy atom. The lowest BCUT2D eigenvalue weighted by Gasteiger charge is -2.19. The third-order valence-electron chi connectivity index (χ3n) is 8.25. The lowest BCUT2D eigenvalue weighted by molar-refractivity contribution is 0.0974. The van der Waals surface area contributed by atoms with Gasteiger partial charge in [0.15, 0.2) is 0 Å². The van der Waals surface area contributed by atoms with Crippen molar-refractivity contribution in [2.45, 2.75) is 53.9 Å². The summed E-state index contributed by atoms with van der Waals surface area (Å²) in [7, 11) is 1.65. The van der Waals surface area contributed by atoms with E-state index in [1.807, 2.05) is 52.8 Å². The molecular weight excluding hydrogens is 764 g/mol. The van der Waals surface area contributed by atoms with E-state index in [2.05, 4.69) is 25.4 Å². The molecule has 3 heterocycles. The van der Waals surface area contributed by atoms with Crippen LogP contribution in [0.4, 0.5) is 19.0 Å². The number of carbonyl (C=O) groups is 2. The number of carbonyl (C=O) groups excluding carboxylic acids is 2. The van der Waals surface area contributed by atoms with E-state index in [1.165, 1.54) is 56.7 Å². The summed E-state index contributed by atoms with van der Waals surface area (Å²) < 4.78 is 33.6. The van der Waals surface area contributed by atoms with Crippen molar-refractivity contribution in [2.75, 3.05) is 30.0 Å². The Morgan fingerprint density at radius 3 is 1.65 bits per heavy atom. The molecule has 3 aromatic heterocycles. The third-order valence-corrected chi connectivity index (χ3v) is 10.4. The van der Waals surface area contributed by atoms with E-state index in [4.69, 9.17) is 16.3 Å². The zero-order valence-corrected chi connectivity index (χ0v) is 33.7. The van der Waals surface area contributed by atoms with Gasteiger partial charge in [-0.15, -0.1) is 20.4 Å². The Bertz CT molecular complexity index is 2240. The summed E-state index contributed by atoms with van der Waals surface area (Å²) in [6.07, 6.45) is 2.39. The van der Waals surface area contributed by atoms with Crippen molar-refractivity contribution in [1.29, 1.82) is 0 Å². The Hall–Kier alpha value is -5.18. The predicted octanol–water partition coefficient (Wildman–Crippen LogP) is 10.2. The lowest BCUT2D eigenvalue weighted by Crippen LogP contribution is -2.32. The highest BCUT2D eigenvalue weighted by Gasteiger charge is 2.25. The maximum Gasteiger partial charge on any atom is 0.263 e. The summed E-state index contributed by atoms with van der Waals surface area (Å²) in [6, 6.07) is 19.5. The molecule has 10 nitrogen and oxygen atoms in total. The molecule has 6 aromatic rings. The van der Waals surface area contributed by atoms with Crippen molar-refractivity contribution in [1.82, 2.24) is 25.4 Å². The zero-order valence-electron chi connectivity index (χ0n) is 31.3. The molecule has 0 saturated carbocycles. The Kier molecular flexibility index (Phi) is 14.1. The van der Waals surface area contributed by atoms with Crippen LogP contribution in [0.1, 0.15) is 70.6 Å². The molecule has 0 atom stereocenters. The molecule has 15 heteroatoms.